The number of esters is 1. The highest BCUT2D eigenvalue weighted by Gasteiger charge is 2.10. The molecule has 0 atom stereocenters. The quantitative estimate of drug-likeness (QED) is 0.169. The monoisotopic (exact) mass is 434 g/mol. The Balaban J connectivity index is 1.52. The predicted molar refractivity (Wildman–Crippen MR) is 120 cm³/mol. The lowest BCUT2D eigenvalue weighted by atomic mass is 10.2. The lowest BCUT2D eigenvalue weighted by molar-refractivity contribution is 0.0734. The second-order valence-electron chi connectivity index (χ2n) is 6.86. The molecule has 3 rings (SSSR count). The van der Waals surface area contributed by atoms with E-state index < -0.39 is 17.7 Å². The number of hydrogen-bond donors (Lipinski definition) is 1. The summed E-state index contributed by atoms with van der Waals surface area (Å²) in [6.45, 7) is 2.73. The van der Waals surface area contributed by atoms with Crippen molar-refractivity contribution in [2.24, 2.45) is 5.10 Å². The van der Waals surface area contributed by atoms with E-state index in [1.807, 2.05) is 0 Å². The van der Waals surface area contributed by atoms with E-state index in [1.54, 1.807) is 54.6 Å². The first kappa shape index (κ1) is 22.7. The van der Waals surface area contributed by atoms with Crippen molar-refractivity contribution in [2.75, 3.05) is 6.61 Å². The molecule has 3 aromatic carbocycles. The maximum atomic E-state index is 13.6. The molecular formula is C25H23FN2O4. The summed E-state index contributed by atoms with van der Waals surface area (Å²) in [4.78, 5) is 24.2. The van der Waals surface area contributed by atoms with Crippen LogP contribution in [0, 0.1) is 5.82 Å². The number of amides is 1. The third kappa shape index (κ3) is 6.50. The Morgan fingerprint density at radius 3 is 2.34 bits per heavy atom. The first-order valence-electron chi connectivity index (χ1n) is 10.2. The Kier molecular flexibility index (Phi) is 8.09. The van der Waals surface area contributed by atoms with Gasteiger partial charge in [-0.1, -0.05) is 25.5 Å². The van der Waals surface area contributed by atoms with Gasteiger partial charge in [0.25, 0.3) is 5.91 Å². The van der Waals surface area contributed by atoms with Crippen LogP contribution in [0.4, 0.5) is 4.39 Å². The van der Waals surface area contributed by atoms with Gasteiger partial charge in [-0.2, -0.15) is 5.10 Å². The fourth-order valence-corrected chi connectivity index (χ4v) is 2.68. The Hall–Kier alpha value is -4.00. The smallest absolute Gasteiger partial charge is 0.343 e. The summed E-state index contributed by atoms with van der Waals surface area (Å²) in [5.41, 5.74) is 3.25. The third-order valence-electron chi connectivity index (χ3n) is 4.45. The van der Waals surface area contributed by atoms with Crippen molar-refractivity contribution in [2.45, 2.75) is 19.8 Å². The van der Waals surface area contributed by atoms with E-state index in [4.69, 9.17) is 9.47 Å². The number of halogens is 1. The average Bonchev–Trinajstić information content (AvgIpc) is 2.81. The summed E-state index contributed by atoms with van der Waals surface area (Å²) in [7, 11) is 0. The number of nitrogens with one attached hydrogen (secondary N) is 1. The average molecular weight is 434 g/mol. The number of unbranched alkanes of at least 4 members (excludes halogenated alkanes) is 1. The fraction of sp³-hybridized carbons (Fsp3) is 0.160. The van der Waals surface area contributed by atoms with Crippen LogP contribution in [0.1, 0.15) is 46.0 Å². The van der Waals surface area contributed by atoms with Crippen LogP contribution >= 0.6 is 0 Å². The number of nitrogens with zero attached hydrogens (tertiary/aromatic N) is 1. The molecule has 0 aliphatic carbocycles. The summed E-state index contributed by atoms with van der Waals surface area (Å²) in [5, 5.41) is 3.82. The zero-order valence-corrected chi connectivity index (χ0v) is 17.6. The minimum Gasteiger partial charge on any atom is -0.494 e. The number of benzene rings is 3. The first-order chi connectivity index (χ1) is 15.6. The molecule has 0 saturated heterocycles. The van der Waals surface area contributed by atoms with Gasteiger partial charge in [-0.3, -0.25) is 4.79 Å². The summed E-state index contributed by atoms with van der Waals surface area (Å²) in [6, 6.07) is 19.0. The summed E-state index contributed by atoms with van der Waals surface area (Å²) in [6.07, 6.45) is 3.43. The Morgan fingerprint density at radius 1 is 0.969 bits per heavy atom. The number of ether oxygens (including phenoxy) is 2. The van der Waals surface area contributed by atoms with Gasteiger partial charge in [0, 0.05) is 0 Å². The lowest BCUT2D eigenvalue weighted by Crippen LogP contribution is -2.18. The first-order valence-corrected chi connectivity index (χ1v) is 10.2. The number of carbonyl (C=O) groups excluding carboxylic acids is 2. The molecule has 0 radical (unpaired) electrons. The third-order valence-corrected chi connectivity index (χ3v) is 4.45. The number of hydrogen-bond acceptors (Lipinski definition) is 5. The standard InChI is InChI=1S/C25H23FN2O4/c1-2-3-16-31-20-14-10-19(11-15-20)25(30)32-21-12-8-18(9-13-21)17-27-28-24(29)22-6-4-5-7-23(22)26/h4-15,17H,2-3,16H2,1H3,(H,28,29). The Morgan fingerprint density at radius 2 is 1.66 bits per heavy atom. The van der Waals surface area contributed by atoms with Crippen LogP contribution in [0.2, 0.25) is 0 Å². The van der Waals surface area contributed by atoms with Crippen molar-refractivity contribution >= 4 is 18.1 Å². The normalized spacial score (nSPS) is 10.7. The van der Waals surface area contributed by atoms with Crippen LogP contribution in [-0.2, 0) is 0 Å². The van der Waals surface area contributed by atoms with E-state index in [-0.39, 0.29) is 5.56 Å². The van der Waals surface area contributed by atoms with Crippen molar-refractivity contribution in [3.05, 3.63) is 95.3 Å². The molecule has 1 amide bonds. The van der Waals surface area contributed by atoms with E-state index in [1.165, 1.54) is 24.4 Å². The number of hydrazone groups is 1. The van der Waals surface area contributed by atoms with Crippen LogP contribution in [0.15, 0.2) is 77.9 Å². The largest absolute Gasteiger partial charge is 0.494 e. The molecule has 3 aromatic rings. The van der Waals surface area contributed by atoms with Crippen LogP contribution in [0.5, 0.6) is 11.5 Å². The van der Waals surface area contributed by atoms with Crippen molar-refractivity contribution < 1.29 is 23.5 Å². The molecule has 0 spiro atoms. The Bertz CT molecular complexity index is 1080. The maximum absolute atomic E-state index is 13.6. The van der Waals surface area contributed by atoms with Gasteiger partial charge in [-0.05, 0) is 72.6 Å². The molecule has 7 heteroatoms. The van der Waals surface area contributed by atoms with Gasteiger partial charge in [0.2, 0.25) is 0 Å². The van der Waals surface area contributed by atoms with Crippen molar-refractivity contribution in [3.63, 3.8) is 0 Å². The molecule has 164 valence electrons. The number of carbonyl (C=O) groups is 2. The lowest BCUT2D eigenvalue weighted by Gasteiger charge is -2.07. The highest BCUT2D eigenvalue weighted by atomic mass is 19.1. The molecular weight excluding hydrogens is 411 g/mol. The molecule has 0 aromatic heterocycles. The van der Waals surface area contributed by atoms with Crippen LogP contribution in [0.25, 0.3) is 0 Å². The zero-order chi connectivity index (χ0) is 22.8. The second-order valence-corrected chi connectivity index (χ2v) is 6.86. The zero-order valence-electron chi connectivity index (χ0n) is 17.6. The summed E-state index contributed by atoms with van der Waals surface area (Å²) in [5.74, 6) is -0.674. The van der Waals surface area contributed by atoms with E-state index in [0.29, 0.717) is 29.2 Å². The molecule has 0 aliphatic heterocycles. The van der Waals surface area contributed by atoms with Gasteiger partial charge < -0.3 is 9.47 Å². The molecule has 0 unspecified atom stereocenters. The minimum atomic E-state index is -0.647. The second kappa shape index (κ2) is 11.4. The van der Waals surface area contributed by atoms with Crippen molar-refractivity contribution in [3.8, 4) is 11.5 Å². The van der Waals surface area contributed by atoms with E-state index in [2.05, 4.69) is 17.5 Å². The van der Waals surface area contributed by atoms with Gasteiger partial charge in [0.15, 0.2) is 0 Å². The molecule has 32 heavy (non-hydrogen) atoms. The number of rotatable bonds is 9. The van der Waals surface area contributed by atoms with Gasteiger partial charge in [-0.25, -0.2) is 14.6 Å². The fourth-order valence-electron chi connectivity index (χ4n) is 2.68. The summed E-state index contributed by atoms with van der Waals surface area (Å²) < 4.78 is 24.5. The SMILES string of the molecule is CCCCOc1ccc(C(=O)Oc2ccc(C=NNC(=O)c3ccccc3F)cc2)cc1. The molecule has 0 saturated carbocycles. The van der Waals surface area contributed by atoms with E-state index >= 15 is 0 Å². The highest BCUT2D eigenvalue weighted by Crippen LogP contribution is 2.17. The van der Waals surface area contributed by atoms with Crippen LogP contribution in [0.3, 0.4) is 0 Å². The topological polar surface area (TPSA) is 77.0 Å². The molecule has 0 fully saturated rings. The maximum Gasteiger partial charge on any atom is 0.343 e. The Labute approximate surface area is 185 Å². The minimum absolute atomic E-state index is 0.0903. The van der Waals surface area contributed by atoms with Crippen molar-refractivity contribution in [1.82, 2.24) is 5.43 Å². The predicted octanol–water partition coefficient (Wildman–Crippen LogP) is 4.99. The van der Waals surface area contributed by atoms with Gasteiger partial charge in [-0.15, -0.1) is 0 Å². The molecule has 0 heterocycles. The molecule has 0 bridgehead atoms. The molecule has 0 aliphatic rings. The van der Waals surface area contributed by atoms with Gasteiger partial charge >= 0.3 is 5.97 Å². The van der Waals surface area contributed by atoms with Crippen LogP contribution < -0.4 is 14.9 Å². The van der Waals surface area contributed by atoms with E-state index in [9.17, 15) is 14.0 Å². The van der Waals surface area contributed by atoms with Crippen molar-refractivity contribution in [1.29, 1.82) is 0 Å². The summed E-state index contributed by atoms with van der Waals surface area (Å²) >= 11 is 0. The van der Waals surface area contributed by atoms with E-state index in [0.717, 1.165) is 12.8 Å². The molecule has 1 N–H and O–H groups in total. The van der Waals surface area contributed by atoms with Crippen LogP contribution in [-0.4, -0.2) is 24.7 Å². The van der Waals surface area contributed by atoms with Gasteiger partial charge in [0.05, 0.1) is 23.9 Å². The highest BCUT2D eigenvalue weighted by molar-refractivity contribution is 5.95. The molecule has 6 nitrogen and oxygen atoms in total. The van der Waals surface area contributed by atoms with Gasteiger partial charge in [0.1, 0.15) is 17.3 Å².